The Hall–Kier alpha value is -1.66. The van der Waals surface area contributed by atoms with E-state index in [0.29, 0.717) is 12.5 Å². The van der Waals surface area contributed by atoms with Gasteiger partial charge in [-0.15, -0.1) is 0 Å². The molecule has 2 atom stereocenters. The first kappa shape index (κ1) is 17.7. The number of carbonyl (C=O) groups is 1. The fourth-order valence-corrected chi connectivity index (χ4v) is 2.95. The Morgan fingerprint density at radius 3 is 2.96 bits per heavy atom. The van der Waals surface area contributed by atoms with E-state index in [4.69, 9.17) is 0 Å². The average molecular weight is 323 g/mol. The number of urea groups is 1. The number of aliphatic hydroxyl groups excluding tert-OH is 1. The van der Waals surface area contributed by atoms with Crippen molar-refractivity contribution in [3.63, 3.8) is 0 Å². The summed E-state index contributed by atoms with van der Waals surface area (Å²) in [6, 6.07) is 5.70. The van der Waals surface area contributed by atoms with Gasteiger partial charge in [0.1, 0.15) is 5.82 Å². The largest absolute Gasteiger partial charge is 0.386 e. The molecule has 128 valence electrons. The molecule has 1 aliphatic rings. The lowest BCUT2D eigenvalue weighted by molar-refractivity contribution is 0.165. The van der Waals surface area contributed by atoms with Crippen LogP contribution in [0.5, 0.6) is 0 Å². The Labute approximate surface area is 136 Å². The van der Waals surface area contributed by atoms with Gasteiger partial charge in [0.25, 0.3) is 0 Å². The van der Waals surface area contributed by atoms with E-state index >= 15 is 0 Å². The van der Waals surface area contributed by atoms with Gasteiger partial charge in [0.15, 0.2) is 0 Å². The second kappa shape index (κ2) is 8.84. The number of aliphatic hydroxyl groups is 1. The molecular formula is C17H26FN3O2. The van der Waals surface area contributed by atoms with E-state index in [9.17, 15) is 14.3 Å². The van der Waals surface area contributed by atoms with Crippen LogP contribution < -0.4 is 10.6 Å². The number of carbonyl (C=O) groups excluding carboxylic acids is 1. The van der Waals surface area contributed by atoms with Crippen molar-refractivity contribution in [3.8, 4) is 0 Å². The van der Waals surface area contributed by atoms with E-state index < -0.39 is 11.9 Å². The Morgan fingerprint density at radius 2 is 2.22 bits per heavy atom. The van der Waals surface area contributed by atoms with Crippen LogP contribution in [0.3, 0.4) is 0 Å². The summed E-state index contributed by atoms with van der Waals surface area (Å²) in [5.74, 6) is -0.00462. The number of likely N-dealkylation sites (tertiary alicyclic amines) is 1. The lowest BCUT2D eigenvalue weighted by Gasteiger charge is -2.31. The first-order chi connectivity index (χ1) is 11.1. The molecule has 0 bridgehead atoms. The molecule has 1 aliphatic heterocycles. The standard InChI is InChI=1S/C17H26FN3O2/c1-2-21-9-5-6-13(12-21)10-19-17(23)20-11-16(22)14-7-3-4-8-15(14)18/h3-4,7-8,13,16,22H,2,5-6,9-12H2,1H3,(H2,19,20,23). The van der Waals surface area contributed by atoms with Crippen molar-refractivity contribution >= 4 is 6.03 Å². The molecule has 1 heterocycles. The molecule has 2 amide bonds. The highest BCUT2D eigenvalue weighted by Gasteiger charge is 2.19. The highest BCUT2D eigenvalue weighted by molar-refractivity contribution is 5.73. The van der Waals surface area contributed by atoms with E-state index in [0.717, 1.165) is 32.5 Å². The van der Waals surface area contributed by atoms with Gasteiger partial charge < -0.3 is 20.6 Å². The zero-order valence-electron chi connectivity index (χ0n) is 13.6. The van der Waals surface area contributed by atoms with Gasteiger partial charge in [-0.05, 0) is 37.9 Å². The van der Waals surface area contributed by atoms with E-state index in [1.54, 1.807) is 12.1 Å². The first-order valence-electron chi connectivity index (χ1n) is 8.26. The van der Waals surface area contributed by atoms with Crippen LogP contribution in [0.4, 0.5) is 9.18 Å². The Morgan fingerprint density at radius 1 is 1.43 bits per heavy atom. The molecule has 0 spiro atoms. The third kappa shape index (κ3) is 5.48. The first-order valence-corrected chi connectivity index (χ1v) is 8.26. The summed E-state index contributed by atoms with van der Waals surface area (Å²) >= 11 is 0. The predicted molar refractivity (Wildman–Crippen MR) is 87.6 cm³/mol. The van der Waals surface area contributed by atoms with E-state index in [2.05, 4.69) is 22.5 Å². The van der Waals surface area contributed by atoms with Crippen LogP contribution in [0.25, 0.3) is 0 Å². The lowest BCUT2D eigenvalue weighted by atomic mass is 9.98. The number of nitrogens with zero attached hydrogens (tertiary/aromatic N) is 1. The summed E-state index contributed by atoms with van der Waals surface area (Å²) in [4.78, 5) is 14.2. The summed E-state index contributed by atoms with van der Waals surface area (Å²) in [5.41, 5.74) is 0.193. The molecule has 0 saturated carbocycles. The van der Waals surface area contributed by atoms with Gasteiger partial charge in [-0.1, -0.05) is 25.1 Å². The summed E-state index contributed by atoms with van der Waals surface area (Å²) < 4.78 is 13.5. The summed E-state index contributed by atoms with van der Waals surface area (Å²) in [7, 11) is 0. The van der Waals surface area contributed by atoms with Crippen LogP contribution in [0, 0.1) is 11.7 Å². The van der Waals surface area contributed by atoms with E-state index in [1.165, 1.54) is 12.1 Å². The van der Waals surface area contributed by atoms with Crippen molar-refractivity contribution in [2.24, 2.45) is 5.92 Å². The Bertz CT molecular complexity index is 512. The molecule has 1 aromatic rings. The monoisotopic (exact) mass is 323 g/mol. The molecule has 1 saturated heterocycles. The molecule has 2 unspecified atom stereocenters. The van der Waals surface area contributed by atoms with Gasteiger partial charge in [-0.3, -0.25) is 0 Å². The maximum absolute atomic E-state index is 13.5. The molecule has 5 nitrogen and oxygen atoms in total. The number of benzene rings is 1. The smallest absolute Gasteiger partial charge is 0.314 e. The Balaban J connectivity index is 1.70. The third-order valence-electron chi connectivity index (χ3n) is 4.32. The van der Waals surface area contributed by atoms with Crippen molar-refractivity contribution in [1.82, 2.24) is 15.5 Å². The number of hydrogen-bond donors (Lipinski definition) is 3. The second-order valence-electron chi connectivity index (χ2n) is 6.03. The number of amides is 2. The van der Waals surface area contributed by atoms with Crippen molar-refractivity contribution in [1.29, 1.82) is 0 Å². The molecule has 6 heteroatoms. The van der Waals surface area contributed by atoms with Crippen LogP contribution in [-0.2, 0) is 0 Å². The zero-order chi connectivity index (χ0) is 16.7. The van der Waals surface area contributed by atoms with Crippen LogP contribution >= 0.6 is 0 Å². The van der Waals surface area contributed by atoms with E-state index in [-0.39, 0.29) is 18.1 Å². The van der Waals surface area contributed by atoms with E-state index in [1.807, 2.05) is 0 Å². The molecule has 0 radical (unpaired) electrons. The SMILES string of the molecule is CCN1CCCC(CNC(=O)NCC(O)c2ccccc2F)C1. The van der Waals surface area contributed by atoms with Crippen molar-refractivity contribution < 1.29 is 14.3 Å². The zero-order valence-corrected chi connectivity index (χ0v) is 13.6. The van der Waals surface area contributed by atoms with Gasteiger partial charge in [-0.2, -0.15) is 0 Å². The van der Waals surface area contributed by atoms with Crippen LogP contribution in [0.2, 0.25) is 0 Å². The fraction of sp³-hybridized carbons (Fsp3) is 0.588. The molecular weight excluding hydrogens is 297 g/mol. The van der Waals surface area contributed by atoms with Crippen LogP contribution in [0.15, 0.2) is 24.3 Å². The summed E-state index contributed by atoms with van der Waals surface area (Å²) in [5, 5.41) is 15.4. The maximum Gasteiger partial charge on any atom is 0.314 e. The lowest BCUT2D eigenvalue weighted by Crippen LogP contribution is -2.44. The number of hydrogen-bond acceptors (Lipinski definition) is 3. The van der Waals surface area contributed by atoms with Gasteiger partial charge in [0.2, 0.25) is 0 Å². The Kier molecular flexibility index (Phi) is 6.80. The quantitative estimate of drug-likeness (QED) is 0.749. The van der Waals surface area contributed by atoms with Crippen LogP contribution in [-0.4, -0.2) is 48.8 Å². The maximum atomic E-state index is 13.5. The van der Waals surface area contributed by atoms with Gasteiger partial charge in [-0.25, -0.2) is 9.18 Å². The molecule has 0 aliphatic carbocycles. The number of piperidine rings is 1. The highest BCUT2D eigenvalue weighted by atomic mass is 19.1. The summed E-state index contributed by atoms with van der Waals surface area (Å²) in [6.45, 7) is 5.93. The van der Waals surface area contributed by atoms with Gasteiger partial charge in [0.05, 0.1) is 6.10 Å². The topological polar surface area (TPSA) is 64.6 Å². The minimum atomic E-state index is -1.05. The second-order valence-corrected chi connectivity index (χ2v) is 6.03. The predicted octanol–water partition coefficient (Wildman–Crippen LogP) is 1.89. The molecule has 3 N–H and O–H groups in total. The summed E-state index contributed by atoms with van der Waals surface area (Å²) in [6.07, 6.45) is 1.23. The van der Waals surface area contributed by atoms with Crippen molar-refractivity contribution in [2.75, 3.05) is 32.7 Å². The minimum Gasteiger partial charge on any atom is -0.386 e. The van der Waals surface area contributed by atoms with Crippen molar-refractivity contribution in [3.05, 3.63) is 35.6 Å². The molecule has 23 heavy (non-hydrogen) atoms. The van der Waals surface area contributed by atoms with Crippen LogP contribution in [0.1, 0.15) is 31.4 Å². The third-order valence-corrected chi connectivity index (χ3v) is 4.32. The van der Waals surface area contributed by atoms with Gasteiger partial charge in [0, 0.05) is 25.2 Å². The number of nitrogens with one attached hydrogen (secondary N) is 2. The molecule has 2 rings (SSSR count). The highest BCUT2D eigenvalue weighted by Crippen LogP contribution is 2.16. The van der Waals surface area contributed by atoms with Gasteiger partial charge >= 0.3 is 6.03 Å². The number of halogens is 1. The number of rotatable bonds is 6. The minimum absolute atomic E-state index is 0.0154. The molecule has 1 aromatic carbocycles. The average Bonchev–Trinajstić information content (AvgIpc) is 2.58. The fourth-order valence-electron chi connectivity index (χ4n) is 2.95. The van der Waals surface area contributed by atoms with Crippen molar-refractivity contribution in [2.45, 2.75) is 25.9 Å². The molecule has 1 fully saturated rings. The normalized spacial score (nSPS) is 20.0. The molecule has 0 aromatic heterocycles.